The fourth-order valence-corrected chi connectivity index (χ4v) is 4.93. The van der Waals surface area contributed by atoms with Crippen LogP contribution in [-0.2, 0) is 18.2 Å². The summed E-state index contributed by atoms with van der Waals surface area (Å²) in [6.45, 7) is 1.31. The van der Waals surface area contributed by atoms with E-state index in [0.717, 1.165) is 16.5 Å². The third-order valence-electron chi connectivity index (χ3n) is 6.95. The van der Waals surface area contributed by atoms with Crippen LogP contribution in [0.1, 0.15) is 26.3 Å². The van der Waals surface area contributed by atoms with Gasteiger partial charge in [0.15, 0.2) is 0 Å². The van der Waals surface area contributed by atoms with E-state index in [4.69, 9.17) is 4.74 Å². The Hall–Kier alpha value is -4.70. The SMILES string of the molecule is CN(C)C(=O)c1ccc2c(c1)c(C[C@H]1COCCN1C(=O)c1ccc(NC(=O)Nc3ccccc3)nc1)cn2C. The maximum absolute atomic E-state index is 13.5. The number of aromatic nitrogens is 2. The van der Waals surface area contributed by atoms with Crippen LogP contribution in [0.3, 0.4) is 0 Å². The molecule has 0 spiro atoms. The number of para-hydroxylation sites is 1. The zero-order chi connectivity index (χ0) is 28.2. The van der Waals surface area contributed by atoms with Crippen LogP contribution in [0.15, 0.2) is 73.1 Å². The van der Waals surface area contributed by atoms with Crippen molar-refractivity contribution in [1.82, 2.24) is 19.4 Å². The Kier molecular flexibility index (Phi) is 7.79. The third-order valence-corrected chi connectivity index (χ3v) is 6.95. The predicted octanol–water partition coefficient (Wildman–Crippen LogP) is 4.00. The summed E-state index contributed by atoms with van der Waals surface area (Å²) in [4.78, 5) is 46.0. The van der Waals surface area contributed by atoms with Gasteiger partial charge in [-0.15, -0.1) is 0 Å². The smallest absolute Gasteiger partial charge is 0.324 e. The lowest BCUT2D eigenvalue weighted by atomic mass is 10.0. The highest BCUT2D eigenvalue weighted by Crippen LogP contribution is 2.26. The second-order valence-electron chi connectivity index (χ2n) is 10.0. The fraction of sp³-hybridized carbons (Fsp3) is 0.267. The highest BCUT2D eigenvalue weighted by molar-refractivity contribution is 6.00. The van der Waals surface area contributed by atoms with Crippen molar-refractivity contribution >= 4 is 40.3 Å². The first-order chi connectivity index (χ1) is 19.3. The molecule has 0 saturated carbocycles. The van der Waals surface area contributed by atoms with E-state index in [9.17, 15) is 14.4 Å². The van der Waals surface area contributed by atoms with Crippen molar-refractivity contribution in [2.24, 2.45) is 7.05 Å². The Morgan fingerprint density at radius 2 is 1.80 bits per heavy atom. The van der Waals surface area contributed by atoms with Crippen LogP contribution in [0.5, 0.6) is 0 Å². The second-order valence-corrected chi connectivity index (χ2v) is 10.0. The summed E-state index contributed by atoms with van der Waals surface area (Å²) in [6, 6.07) is 17.5. The van der Waals surface area contributed by atoms with Crippen LogP contribution >= 0.6 is 0 Å². The summed E-state index contributed by atoms with van der Waals surface area (Å²) >= 11 is 0. The Morgan fingerprint density at radius 1 is 1.02 bits per heavy atom. The number of anilines is 2. The number of hydrogen-bond acceptors (Lipinski definition) is 5. The molecule has 2 N–H and O–H groups in total. The number of hydrogen-bond donors (Lipinski definition) is 2. The molecule has 1 aliphatic rings. The summed E-state index contributed by atoms with van der Waals surface area (Å²) < 4.78 is 7.80. The van der Waals surface area contributed by atoms with E-state index in [1.165, 1.54) is 6.20 Å². The molecule has 1 aliphatic heterocycles. The molecule has 0 unspecified atom stereocenters. The molecular formula is C30H32N6O4. The third kappa shape index (κ3) is 5.81. The molecule has 1 fully saturated rings. The molecule has 1 saturated heterocycles. The number of carbonyl (C=O) groups is 3. The average molecular weight is 541 g/mol. The number of amides is 4. The normalized spacial score (nSPS) is 15.1. The molecule has 10 heteroatoms. The van der Waals surface area contributed by atoms with Gasteiger partial charge in [-0.1, -0.05) is 18.2 Å². The lowest BCUT2D eigenvalue weighted by Gasteiger charge is -2.35. The topological polar surface area (TPSA) is 109 Å². The maximum Gasteiger partial charge on any atom is 0.324 e. The number of rotatable bonds is 6. The second kappa shape index (κ2) is 11.6. The molecule has 0 aliphatic carbocycles. The summed E-state index contributed by atoms with van der Waals surface area (Å²) in [5.74, 6) is 0.129. The summed E-state index contributed by atoms with van der Waals surface area (Å²) in [5.41, 5.74) is 3.77. The molecule has 10 nitrogen and oxygen atoms in total. The zero-order valence-corrected chi connectivity index (χ0v) is 22.8. The lowest BCUT2D eigenvalue weighted by Crippen LogP contribution is -2.49. The molecule has 1 atom stereocenters. The van der Waals surface area contributed by atoms with E-state index in [1.54, 1.807) is 43.3 Å². The van der Waals surface area contributed by atoms with Gasteiger partial charge in [0, 0.05) is 62.2 Å². The molecule has 4 amide bonds. The van der Waals surface area contributed by atoms with Crippen molar-refractivity contribution < 1.29 is 19.1 Å². The number of benzene rings is 2. The number of fused-ring (bicyclic) bond motifs is 1. The first-order valence-corrected chi connectivity index (χ1v) is 13.1. The molecular weight excluding hydrogens is 508 g/mol. The molecule has 3 heterocycles. The van der Waals surface area contributed by atoms with E-state index in [-0.39, 0.29) is 17.9 Å². The van der Waals surface area contributed by atoms with Crippen LogP contribution in [0.25, 0.3) is 10.9 Å². The number of morpholine rings is 1. The number of aryl methyl sites for hydroxylation is 1. The quantitative estimate of drug-likeness (QED) is 0.384. The number of carbonyl (C=O) groups excluding carboxylic acids is 3. The van der Waals surface area contributed by atoms with Crippen LogP contribution in [-0.4, -0.2) is 77.1 Å². The molecule has 40 heavy (non-hydrogen) atoms. The van der Waals surface area contributed by atoms with Gasteiger partial charge in [0.1, 0.15) is 5.82 Å². The maximum atomic E-state index is 13.5. The van der Waals surface area contributed by atoms with E-state index in [0.29, 0.717) is 48.8 Å². The monoisotopic (exact) mass is 540 g/mol. The molecule has 2 aromatic heterocycles. The Labute approximate surface area is 232 Å². The number of urea groups is 1. The number of ether oxygens (including phenoxy) is 1. The Bertz CT molecular complexity index is 1530. The standard InChI is InChI=1S/C30H32N6O4/c1-34(2)28(37)20-9-11-26-25(16-20)22(18-35(26)3)15-24-19-40-14-13-36(24)29(38)21-10-12-27(31-17-21)33-30(39)32-23-7-5-4-6-8-23/h4-12,16-18,24H,13-15,19H2,1-3H3,(H2,31,32,33,39)/t24-/m0/s1. The van der Waals surface area contributed by atoms with E-state index in [2.05, 4.69) is 15.6 Å². The average Bonchev–Trinajstić information content (AvgIpc) is 3.27. The van der Waals surface area contributed by atoms with Gasteiger partial charge in [0.2, 0.25) is 0 Å². The van der Waals surface area contributed by atoms with Gasteiger partial charge in [-0.3, -0.25) is 14.9 Å². The van der Waals surface area contributed by atoms with E-state index < -0.39 is 6.03 Å². The molecule has 0 bridgehead atoms. The molecule has 4 aromatic rings. The first-order valence-electron chi connectivity index (χ1n) is 13.1. The zero-order valence-electron chi connectivity index (χ0n) is 22.8. The first kappa shape index (κ1) is 26.9. The van der Waals surface area contributed by atoms with Crippen LogP contribution < -0.4 is 10.6 Å². The number of pyridine rings is 1. The minimum atomic E-state index is -0.420. The minimum Gasteiger partial charge on any atom is -0.377 e. The van der Waals surface area contributed by atoms with Gasteiger partial charge in [-0.25, -0.2) is 9.78 Å². The van der Waals surface area contributed by atoms with Crippen molar-refractivity contribution in [3.63, 3.8) is 0 Å². The van der Waals surface area contributed by atoms with Crippen LogP contribution in [0, 0.1) is 0 Å². The Balaban J connectivity index is 1.30. The largest absolute Gasteiger partial charge is 0.377 e. The summed E-state index contributed by atoms with van der Waals surface area (Å²) in [7, 11) is 5.44. The molecule has 206 valence electrons. The summed E-state index contributed by atoms with van der Waals surface area (Å²) in [5, 5.41) is 6.40. The van der Waals surface area contributed by atoms with Crippen LogP contribution in [0.2, 0.25) is 0 Å². The van der Waals surface area contributed by atoms with Gasteiger partial charge < -0.3 is 24.4 Å². The number of nitrogens with zero attached hydrogens (tertiary/aromatic N) is 4. The highest BCUT2D eigenvalue weighted by atomic mass is 16.5. The molecule has 2 aromatic carbocycles. The number of nitrogens with one attached hydrogen (secondary N) is 2. The van der Waals surface area contributed by atoms with Crippen molar-refractivity contribution in [1.29, 1.82) is 0 Å². The summed E-state index contributed by atoms with van der Waals surface area (Å²) in [6.07, 6.45) is 4.10. The van der Waals surface area contributed by atoms with Gasteiger partial charge in [0.25, 0.3) is 11.8 Å². The van der Waals surface area contributed by atoms with Gasteiger partial charge >= 0.3 is 6.03 Å². The van der Waals surface area contributed by atoms with Crippen molar-refractivity contribution in [2.75, 3.05) is 44.5 Å². The fourth-order valence-electron chi connectivity index (χ4n) is 4.93. The van der Waals surface area contributed by atoms with Crippen molar-refractivity contribution in [3.8, 4) is 0 Å². The van der Waals surface area contributed by atoms with Crippen LogP contribution in [0.4, 0.5) is 16.3 Å². The molecule has 5 rings (SSSR count). The van der Waals surface area contributed by atoms with Gasteiger partial charge in [0.05, 0.1) is 24.8 Å². The van der Waals surface area contributed by atoms with Crippen molar-refractivity contribution in [3.05, 3.63) is 89.7 Å². The van der Waals surface area contributed by atoms with Gasteiger partial charge in [-0.2, -0.15) is 0 Å². The van der Waals surface area contributed by atoms with E-state index >= 15 is 0 Å². The van der Waals surface area contributed by atoms with Gasteiger partial charge in [-0.05, 0) is 54.4 Å². The molecule has 0 radical (unpaired) electrons. The Morgan fingerprint density at radius 3 is 2.52 bits per heavy atom. The predicted molar refractivity (Wildman–Crippen MR) is 154 cm³/mol. The highest BCUT2D eigenvalue weighted by Gasteiger charge is 2.29. The van der Waals surface area contributed by atoms with E-state index in [1.807, 2.05) is 59.1 Å². The minimum absolute atomic E-state index is 0.0579. The lowest BCUT2D eigenvalue weighted by molar-refractivity contribution is -0.00158. The van der Waals surface area contributed by atoms with Crippen molar-refractivity contribution in [2.45, 2.75) is 12.5 Å².